The molecular weight excluding hydrogens is 563 g/mol. The van der Waals surface area contributed by atoms with Crippen molar-refractivity contribution in [3.05, 3.63) is 89.5 Å². The Kier molecular flexibility index (Phi) is 12.2. The maximum Gasteiger partial charge on any atom is 1.00 e. The summed E-state index contributed by atoms with van der Waals surface area (Å²) in [6, 6.07) is 21.2. The Morgan fingerprint density at radius 3 is 2.05 bits per heavy atom. The molecule has 10 heteroatoms. The normalized spacial score (nSPS) is 13.3. The Bertz CT molecular complexity index is 1430. The van der Waals surface area contributed by atoms with E-state index in [-0.39, 0.29) is 72.4 Å². The number of carbonyl (C=O) groups is 2. The molecule has 0 bridgehead atoms. The smallest absolute Gasteiger partial charge is 0.548 e. The number of nitrogens with zero attached hydrogens (tertiary/aromatic N) is 1. The van der Waals surface area contributed by atoms with Gasteiger partial charge in [0.15, 0.2) is 0 Å². The molecule has 0 aromatic heterocycles. The van der Waals surface area contributed by atoms with Gasteiger partial charge in [-0.2, -0.15) is 4.31 Å². The van der Waals surface area contributed by atoms with Crippen molar-refractivity contribution in [2.45, 2.75) is 56.9 Å². The SMILES string of the molecule is Cc1ccc(S(=O)(=O)N(CC(C)C)[C@@H](CCCCNC(=O)OCC2c3ccccc3-c3ccccc32)C(=O)[O-])cc1.[Na+]. The summed E-state index contributed by atoms with van der Waals surface area (Å²) in [5, 5.41) is 14.8. The number of ether oxygens (including phenoxy) is 1. The predicted octanol–water partition coefficient (Wildman–Crippen LogP) is 1.47. The molecule has 1 atom stereocenters. The van der Waals surface area contributed by atoms with Gasteiger partial charge in [-0.3, -0.25) is 0 Å². The zero-order valence-electron chi connectivity index (χ0n) is 24.7. The second kappa shape index (κ2) is 15.2. The molecule has 0 aliphatic heterocycles. The first kappa shape index (κ1) is 33.8. The quantitative estimate of drug-likeness (QED) is 0.235. The van der Waals surface area contributed by atoms with E-state index in [1.165, 1.54) is 12.1 Å². The molecular formula is C32H37N2NaO6S. The Morgan fingerprint density at radius 1 is 0.929 bits per heavy atom. The van der Waals surface area contributed by atoms with E-state index in [9.17, 15) is 23.1 Å². The van der Waals surface area contributed by atoms with E-state index in [4.69, 9.17) is 4.74 Å². The van der Waals surface area contributed by atoms with E-state index in [1.54, 1.807) is 12.1 Å². The first-order valence-corrected chi connectivity index (χ1v) is 15.4. The summed E-state index contributed by atoms with van der Waals surface area (Å²) in [6.45, 7) is 6.04. The number of alkyl carbamates (subject to hydrolysis) is 1. The molecule has 42 heavy (non-hydrogen) atoms. The first-order valence-electron chi connectivity index (χ1n) is 14.0. The summed E-state index contributed by atoms with van der Waals surface area (Å²) in [5.74, 6) is -1.57. The third-order valence-corrected chi connectivity index (χ3v) is 9.20. The molecule has 218 valence electrons. The number of hydrogen-bond donors (Lipinski definition) is 1. The molecule has 0 heterocycles. The van der Waals surface area contributed by atoms with E-state index in [1.807, 2.05) is 45.0 Å². The van der Waals surface area contributed by atoms with Crippen LogP contribution in [0.1, 0.15) is 55.7 Å². The minimum absolute atomic E-state index is 0. The van der Waals surface area contributed by atoms with Crippen molar-refractivity contribution in [3.8, 4) is 11.1 Å². The predicted molar refractivity (Wildman–Crippen MR) is 156 cm³/mol. The molecule has 0 saturated heterocycles. The second-order valence-corrected chi connectivity index (χ2v) is 12.8. The number of unbranched alkanes of at least 4 members (excludes halogenated alkanes) is 1. The number of fused-ring (bicyclic) bond motifs is 3. The molecule has 0 radical (unpaired) electrons. The molecule has 1 aliphatic carbocycles. The molecule has 0 fully saturated rings. The number of hydrogen-bond acceptors (Lipinski definition) is 6. The number of carboxylic acid groups (broad SMARTS) is 1. The molecule has 3 aromatic carbocycles. The molecule has 3 aromatic rings. The molecule has 0 unspecified atom stereocenters. The molecule has 1 N–H and O–H groups in total. The number of aliphatic carboxylic acids is 1. The first-order chi connectivity index (χ1) is 19.6. The molecule has 0 saturated carbocycles. The minimum Gasteiger partial charge on any atom is -0.548 e. The maximum atomic E-state index is 13.4. The maximum absolute atomic E-state index is 13.4. The van der Waals surface area contributed by atoms with Gasteiger partial charge in [0.1, 0.15) is 6.61 Å². The van der Waals surface area contributed by atoms with Gasteiger partial charge >= 0.3 is 35.7 Å². The van der Waals surface area contributed by atoms with E-state index < -0.39 is 28.1 Å². The number of benzene rings is 3. The minimum atomic E-state index is -4.05. The Labute approximate surface area is 270 Å². The number of aryl methyl sites for hydroxylation is 1. The van der Waals surface area contributed by atoms with Gasteiger partial charge in [0.05, 0.1) is 16.9 Å². The zero-order chi connectivity index (χ0) is 29.6. The van der Waals surface area contributed by atoms with Gasteiger partial charge in [0, 0.05) is 19.0 Å². The molecule has 1 aliphatic rings. The van der Waals surface area contributed by atoms with Gasteiger partial charge in [-0.25, -0.2) is 13.2 Å². The summed E-state index contributed by atoms with van der Waals surface area (Å²) in [7, 11) is -4.05. The van der Waals surface area contributed by atoms with Crippen molar-refractivity contribution < 1.29 is 57.4 Å². The van der Waals surface area contributed by atoms with Gasteiger partial charge < -0.3 is 20.0 Å². The van der Waals surface area contributed by atoms with Crippen molar-refractivity contribution in [1.29, 1.82) is 0 Å². The zero-order valence-corrected chi connectivity index (χ0v) is 27.5. The van der Waals surface area contributed by atoms with Crippen LogP contribution >= 0.6 is 0 Å². The second-order valence-electron chi connectivity index (χ2n) is 10.9. The van der Waals surface area contributed by atoms with E-state index >= 15 is 0 Å². The van der Waals surface area contributed by atoms with Gasteiger partial charge in [0.25, 0.3) is 0 Å². The fourth-order valence-corrected chi connectivity index (χ4v) is 7.05. The van der Waals surface area contributed by atoms with Crippen LogP contribution in [0.4, 0.5) is 4.79 Å². The van der Waals surface area contributed by atoms with Crippen molar-refractivity contribution in [2.24, 2.45) is 5.92 Å². The Hall–Kier alpha value is -2.69. The average Bonchev–Trinajstić information content (AvgIpc) is 3.26. The van der Waals surface area contributed by atoms with Crippen LogP contribution in [-0.4, -0.2) is 50.5 Å². The summed E-state index contributed by atoms with van der Waals surface area (Å²) in [4.78, 5) is 24.6. The Morgan fingerprint density at radius 2 is 1.50 bits per heavy atom. The number of amides is 1. The number of carbonyl (C=O) groups excluding carboxylic acids is 2. The van der Waals surface area contributed by atoms with Gasteiger partial charge in [0.2, 0.25) is 10.0 Å². The standard InChI is InChI=1S/C32H38N2O6S.Na/c1-22(2)20-34(41(38,39)24-17-15-23(3)16-18-24)30(31(35)36)14-8-9-19-33-32(37)40-21-29-27-12-6-4-10-25(27)26-11-5-7-13-28(26)29;/h4-7,10-13,15-18,22,29-30H,8-9,14,19-21H2,1-3H3,(H,33,37)(H,35,36);/q;+1/p-1/t30-;/m0./s1. The van der Waals surface area contributed by atoms with Gasteiger partial charge in [-0.15, -0.1) is 0 Å². The fraction of sp³-hybridized carbons (Fsp3) is 0.375. The van der Waals surface area contributed by atoms with Crippen molar-refractivity contribution >= 4 is 22.1 Å². The van der Waals surface area contributed by atoms with E-state index in [0.29, 0.717) is 12.8 Å². The molecule has 4 rings (SSSR count). The summed E-state index contributed by atoms with van der Waals surface area (Å²) < 4.78 is 33.4. The largest absolute Gasteiger partial charge is 1.00 e. The van der Waals surface area contributed by atoms with E-state index in [2.05, 4.69) is 29.6 Å². The number of nitrogens with one attached hydrogen (secondary N) is 1. The van der Waals surface area contributed by atoms with Crippen LogP contribution in [-0.2, 0) is 19.6 Å². The topological polar surface area (TPSA) is 116 Å². The van der Waals surface area contributed by atoms with Crippen molar-refractivity contribution in [2.75, 3.05) is 19.7 Å². The number of carboxylic acids is 1. The van der Waals surface area contributed by atoms with Crippen LogP contribution in [0.2, 0.25) is 0 Å². The van der Waals surface area contributed by atoms with Crippen LogP contribution < -0.4 is 40.0 Å². The number of sulfonamides is 1. The summed E-state index contributed by atoms with van der Waals surface area (Å²) in [6.07, 6.45) is 0.340. The number of rotatable bonds is 13. The summed E-state index contributed by atoms with van der Waals surface area (Å²) in [5.41, 5.74) is 5.45. The van der Waals surface area contributed by atoms with Gasteiger partial charge in [-0.1, -0.05) is 80.1 Å². The third-order valence-electron chi connectivity index (χ3n) is 7.31. The van der Waals surface area contributed by atoms with Crippen LogP contribution in [0.25, 0.3) is 11.1 Å². The van der Waals surface area contributed by atoms with Crippen LogP contribution in [0, 0.1) is 12.8 Å². The average molecular weight is 601 g/mol. The Balaban J connectivity index is 0.00000484. The fourth-order valence-electron chi connectivity index (χ4n) is 5.28. The van der Waals surface area contributed by atoms with Crippen LogP contribution in [0.3, 0.4) is 0 Å². The van der Waals surface area contributed by atoms with Crippen LogP contribution in [0.15, 0.2) is 77.7 Å². The monoisotopic (exact) mass is 600 g/mol. The molecule has 0 spiro atoms. The van der Waals surface area contributed by atoms with Gasteiger partial charge in [-0.05, 0) is 66.5 Å². The van der Waals surface area contributed by atoms with Crippen molar-refractivity contribution in [3.63, 3.8) is 0 Å². The third kappa shape index (κ3) is 8.02. The van der Waals surface area contributed by atoms with Crippen molar-refractivity contribution in [1.82, 2.24) is 9.62 Å². The van der Waals surface area contributed by atoms with E-state index in [0.717, 1.165) is 32.1 Å². The molecule has 1 amide bonds. The van der Waals surface area contributed by atoms with Crippen LogP contribution in [0.5, 0.6) is 0 Å². The molecule has 8 nitrogen and oxygen atoms in total. The summed E-state index contributed by atoms with van der Waals surface area (Å²) >= 11 is 0.